The number of amides is 1. The van der Waals surface area contributed by atoms with Crippen molar-refractivity contribution >= 4 is 33.2 Å². The molecule has 1 aliphatic rings. The number of hydrogen-bond donors (Lipinski definition) is 1. The third-order valence-electron chi connectivity index (χ3n) is 4.92. The summed E-state index contributed by atoms with van der Waals surface area (Å²) in [6, 6.07) is 9.07. The number of aryl methyl sites for hydroxylation is 1. The van der Waals surface area contributed by atoms with Crippen LogP contribution in [0.4, 0.5) is 5.69 Å². The van der Waals surface area contributed by atoms with Crippen molar-refractivity contribution in [3.8, 4) is 11.5 Å². The molecule has 7 nitrogen and oxygen atoms in total. The number of fused-ring (bicyclic) bond motifs is 1. The van der Waals surface area contributed by atoms with Crippen LogP contribution < -0.4 is 19.1 Å². The summed E-state index contributed by atoms with van der Waals surface area (Å²) in [5.74, 6) is 0.860. The molecule has 0 aromatic heterocycles. The van der Waals surface area contributed by atoms with Gasteiger partial charge >= 0.3 is 0 Å². The molecule has 1 heterocycles. The Balaban J connectivity index is 1.83. The van der Waals surface area contributed by atoms with Gasteiger partial charge in [0.2, 0.25) is 15.9 Å². The standard InChI is InChI=1S/C21H25ClN2O5S/c1-13-5-7-17(22)12-18(13)24(30(4,26)27)15(3)21(25)23-14(2)16-6-8-19-20(11-16)29-10-9-28-19/h5-8,11-12,14-15H,9-10H2,1-4H3,(H,23,25)/t14-,15-/m1/s1. The molecular weight excluding hydrogens is 428 g/mol. The number of sulfonamides is 1. The highest BCUT2D eigenvalue weighted by atomic mass is 35.5. The molecule has 30 heavy (non-hydrogen) atoms. The fourth-order valence-electron chi connectivity index (χ4n) is 3.35. The number of nitrogens with one attached hydrogen (secondary N) is 1. The van der Waals surface area contributed by atoms with E-state index in [0.717, 1.165) is 16.1 Å². The number of ether oxygens (including phenoxy) is 2. The molecule has 0 fully saturated rings. The smallest absolute Gasteiger partial charge is 0.244 e. The number of benzene rings is 2. The second-order valence-corrected chi connectivity index (χ2v) is 9.59. The third kappa shape index (κ3) is 4.82. The molecule has 3 rings (SSSR count). The summed E-state index contributed by atoms with van der Waals surface area (Å²) < 4.78 is 37.3. The minimum Gasteiger partial charge on any atom is -0.486 e. The second-order valence-electron chi connectivity index (χ2n) is 7.30. The Labute approximate surface area is 182 Å². The molecule has 0 radical (unpaired) electrons. The zero-order valence-corrected chi connectivity index (χ0v) is 18.9. The third-order valence-corrected chi connectivity index (χ3v) is 6.38. The fraction of sp³-hybridized carbons (Fsp3) is 0.381. The summed E-state index contributed by atoms with van der Waals surface area (Å²) in [5.41, 5.74) is 1.90. The van der Waals surface area contributed by atoms with Gasteiger partial charge in [-0.25, -0.2) is 8.42 Å². The quantitative estimate of drug-likeness (QED) is 0.725. The first-order valence-corrected chi connectivity index (χ1v) is 11.8. The van der Waals surface area contributed by atoms with E-state index in [-0.39, 0.29) is 6.04 Å². The maximum Gasteiger partial charge on any atom is 0.244 e. The van der Waals surface area contributed by atoms with Crippen LogP contribution >= 0.6 is 11.6 Å². The molecule has 2 aromatic rings. The zero-order chi connectivity index (χ0) is 22.1. The maximum atomic E-state index is 13.0. The van der Waals surface area contributed by atoms with Gasteiger partial charge in [-0.2, -0.15) is 0 Å². The van der Waals surface area contributed by atoms with E-state index < -0.39 is 22.0 Å². The molecule has 1 N–H and O–H groups in total. The second kappa shape index (κ2) is 8.73. The van der Waals surface area contributed by atoms with Crippen LogP contribution in [0, 0.1) is 6.92 Å². The first-order valence-electron chi connectivity index (χ1n) is 9.53. The van der Waals surface area contributed by atoms with Crippen LogP contribution in [0.15, 0.2) is 36.4 Å². The van der Waals surface area contributed by atoms with Gasteiger partial charge in [0.05, 0.1) is 18.0 Å². The lowest BCUT2D eigenvalue weighted by Gasteiger charge is -2.30. The molecule has 1 aliphatic heterocycles. The molecule has 0 aliphatic carbocycles. The summed E-state index contributed by atoms with van der Waals surface area (Å²) in [6.07, 6.45) is 1.07. The molecule has 0 bridgehead atoms. The molecule has 0 unspecified atom stereocenters. The maximum absolute atomic E-state index is 13.0. The highest BCUT2D eigenvalue weighted by Crippen LogP contribution is 2.33. The summed E-state index contributed by atoms with van der Waals surface area (Å²) in [5, 5.41) is 3.28. The highest BCUT2D eigenvalue weighted by molar-refractivity contribution is 7.92. The molecule has 0 spiro atoms. The van der Waals surface area contributed by atoms with Crippen LogP contribution in [0.25, 0.3) is 0 Å². The molecule has 1 amide bonds. The summed E-state index contributed by atoms with van der Waals surface area (Å²) in [7, 11) is -3.74. The molecule has 2 aromatic carbocycles. The number of carbonyl (C=O) groups is 1. The van der Waals surface area contributed by atoms with Gasteiger partial charge in [0.1, 0.15) is 19.3 Å². The topological polar surface area (TPSA) is 84.9 Å². The van der Waals surface area contributed by atoms with Crippen LogP contribution in [0.5, 0.6) is 11.5 Å². The average molecular weight is 453 g/mol. The van der Waals surface area contributed by atoms with Crippen molar-refractivity contribution in [1.82, 2.24) is 5.32 Å². The monoisotopic (exact) mass is 452 g/mol. The van der Waals surface area contributed by atoms with Crippen molar-refractivity contribution in [2.45, 2.75) is 32.9 Å². The van der Waals surface area contributed by atoms with E-state index in [1.165, 1.54) is 0 Å². The number of anilines is 1. The van der Waals surface area contributed by atoms with Crippen molar-refractivity contribution in [2.24, 2.45) is 0 Å². The number of nitrogens with zero attached hydrogens (tertiary/aromatic N) is 1. The van der Waals surface area contributed by atoms with Crippen molar-refractivity contribution in [2.75, 3.05) is 23.8 Å². The van der Waals surface area contributed by atoms with Crippen molar-refractivity contribution in [3.63, 3.8) is 0 Å². The highest BCUT2D eigenvalue weighted by Gasteiger charge is 2.31. The van der Waals surface area contributed by atoms with E-state index in [9.17, 15) is 13.2 Å². The van der Waals surface area contributed by atoms with Crippen LogP contribution in [-0.4, -0.2) is 39.8 Å². The lowest BCUT2D eigenvalue weighted by atomic mass is 10.1. The number of hydrogen-bond acceptors (Lipinski definition) is 5. The zero-order valence-electron chi connectivity index (χ0n) is 17.3. The lowest BCUT2D eigenvalue weighted by Crippen LogP contribution is -2.48. The van der Waals surface area contributed by atoms with E-state index in [1.54, 1.807) is 38.1 Å². The SMILES string of the molecule is Cc1ccc(Cl)cc1N([C@H](C)C(=O)N[C@H](C)c1ccc2c(c1)OCCO2)S(C)(=O)=O. The number of halogens is 1. The molecule has 0 saturated heterocycles. The van der Waals surface area contributed by atoms with Crippen molar-refractivity contribution in [1.29, 1.82) is 0 Å². The van der Waals surface area contributed by atoms with Crippen molar-refractivity contribution < 1.29 is 22.7 Å². The largest absolute Gasteiger partial charge is 0.486 e. The van der Waals surface area contributed by atoms with E-state index >= 15 is 0 Å². The van der Waals surface area contributed by atoms with Crippen LogP contribution in [-0.2, 0) is 14.8 Å². The molecule has 0 saturated carbocycles. The van der Waals surface area contributed by atoms with E-state index in [0.29, 0.717) is 41.0 Å². The van der Waals surface area contributed by atoms with Crippen LogP contribution in [0.1, 0.15) is 31.0 Å². The summed E-state index contributed by atoms with van der Waals surface area (Å²) >= 11 is 6.07. The Morgan fingerprint density at radius 3 is 2.43 bits per heavy atom. The fourth-order valence-corrected chi connectivity index (χ4v) is 4.74. The van der Waals surface area contributed by atoms with Gasteiger partial charge in [-0.1, -0.05) is 23.7 Å². The summed E-state index contributed by atoms with van der Waals surface area (Å²) in [4.78, 5) is 13.0. The first kappa shape index (κ1) is 22.2. The molecular formula is C21H25ClN2O5S. The van der Waals surface area contributed by atoms with Gasteiger partial charge in [0.25, 0.3) is 0 Å². The van der Waals surface area contributed by atoms with Gasteiger partial charge in [-0.15, -0.1) is 0 Å². The summed E-state index contributed by atoms with van der Waals surface area (Å²) in [6.45, 7) is 6.11. The Hall–Kier alpha value is -2.45. The Kier molecular flexibility index (Phi) is 6.47. The predicted molar refractivity (Wildman–Crippen MR) is 117 cm³/mol. The predicted octanol–water partition coefficient (Wildman–Crippen LogP) is 3.45. The normalized spacial score (nSPS) is 15.2. The first-order chi connectivity index (χ1) is 14.1. The van der Waals surface area contributed by atoms with E-state index in [1.807, 2.05) is 19.1 Å². The van der Waals surface area contributed by atoms with Gasteiger partial charge in [0.15, 0.2) is 11.5 Å². The Bertz CT molecular complexity index is 1060. The van der Waals surface area contributed by atoms with Crippen LogP contribution in [0.2, 0.25) is 5.02 Å². The molecule has 162 valence electrons. The van der Waals surface area contributed by atoms with E-state index in [2.05, 4.69) is 5.32 Å². The molecule has 9 heteroatoms. The van der Waals surface area contributed by atoms with E-state index in [4.69, 9.17) is 21.1 Å². The Morgan fingerprint density at radius 2 is 1.77 bits per heavy atom. The minimum absolute atomic E-state index is 0.363. The van der Waals surface area contributed by atoms with Gasteiger partial charge in [0, 0.05) is 5.02 Å². The van der Waals surface area contributed by atoms with Crippen molar-refractivity contribution in [3.05, 3.63) is 52.5 Å². The molecule has 2 atom stereocenters. The Morgan fingerprint density at radius 1 is 1.10 bits per heavy atom. The van der Waals surface area contributed by atoms with Gasteiger partial charge in [-0.05, 0) is 56.2 Å². The van der Waals surface area contributed by atoms with Gasteiger partial charge in [-0.3, -0.25) is 9.10 Å². The van der Waals surface area contributed by atoms with Gasteiger partial charge < -0.3 is 14.8 Å². The number of rotatable bonds is 6. The minimum atomic E-state index is -3.74. The van der Waals surface area contributed by atoms with Crippen LogP contribution in [0.3, 0.4) is 0 Å². The average Bonchev–Trinajstić information content (AvgIpc) is 2.69. The lowest BCUT2D eigenvalue weighted by molar-refractivity contribution is -0.122. The number of carbonyl (C=O) groups excluding carboxylic acids is 1.